The Hall–Kier alpha value is -2.43. The molecular weight excluding hydrogens is 416 g/mol. The van der Waals surface area contributed by atoms with Crippen molar-refractivity contribution in [3.05, 3.63) is 46.7 Å². The molecule has 3 aromatic rings. The molecule has 0 bridgehead atoms. The zero-order valence-electron chi connectivity index (χ0n) is 15.2. The molecule has 0 aliphatic heterocycles. The smallest absolute Gasteiger partial charge is 0.295 e. The van der Waals surface area contributed by atoms with Crippen LogP contribution in [0.15, 0.2) is 46.1 Å². The summed E-state index contributed by atoms with van der Waals surface area (Å²) in [6.45, 7) is 3.83. The highest BCUT2D eigenvalue weighted by atomic mass is 32.2. The van der Waals surface area contributed by atoms with Gasteiger partial charge in [0.15, 0.2) is 4.34 Å². The minimum absolute atomic E-state index is 0.0344. The summed E-state index contributed by atoms with van der Waals surface area (Å²) in [5, 5.41) is 15.9. The van der Waals surface area contributed by atoms with Crippen LogP contribution in [-0.2, 0) is 4.79 Å². The lowest BCUT2D eigenvalue weighted by atomic mass is 10.2. The Balaban J connectivity index is 1.46. The summed E-state index contributed by atoms with van der Waals surface area (Å²) in [6.07, 6.45) is 0.0344. The lowest BCUT2D eigenvalue weighted by Crippen LogP contribution is -2.14. The molecule has 0 aliphatic carbocycles. The molecule has 2 aromatic heterocycles. The Labute approximate surface area is 174 Å². The first-order valence-corrected chi connectivity index (χ1v) is 11.1. The van der Waals surface area contributed by atoms with E-state index < -0.39 is 0 Å². The van der Waals surface area contributed by atoms with E-state index >= 15 is 0 Å². The van der Waals surface area contributed by atoms with Gasteiger partial charge in [-0.3, -0.25) is 9.59 Å². The molecule has 3 rings (SSSR count). The predicted octanol–water partition coefficient (Wildman–Crippen LogP) is 4.37. The van der Waals surface area contributed by atoms with Gasteiger partial charge in [0, 0.05) is 11.4 Å². The Kier molecular flexibility index (Phi) is 7.01. The number of aromatic nitrogens is 2. The van der Waals surface area contributed by atoms with Crippen molar-refractivity contribution in [3.8, 4) is 5.19 Å². The minimum Gasteiger partial charge on any atom is -0.466 e. The number of anilines is 2. The summed E-state index contributed by atoms with van der Waals surface area (Å²) < 4.78 is 6.14. The second-order valence-electron chi connectivity index (χ2n) is 5.85. The van der Waals surface area contributed by atoms with Crippen LogP contribution in [-0.4, -0.2) is 33.9 Å². The number of nitrogens with zero attached hydrogens (tertiary/aromatic N) is 2. The van der Waals surface area contributed by atoms with Crippen molar-refractivity contribution in [3.63, 3.8) is 0 Å². The van der Waals surface area contributed by atoms with Gasteiger partial charge in [-0.25, -0.2) is 0 Å². The molecule has 10 heteroatoms. The van der Waals surface area contributed by atoms with Gasteiger partial charge in [0.2, 0.25) is 5.91 Å². The van der Waals surface area contributed by atoms with Gasteiger partial charge in [-0.05, 0) is 60.9 Å². The first-order chi connectivity index (χ1) is 13.5. The third-order valence-electron chi connectivity index (χ3n) is 3.22. The van der Waals surface area contributed by atoms with E-state index in [2.05, 4.69) is 20.8 Å². The van der Waals surface area contributed by atoms with Crippen LogP contribution in [0.3, 0.4) is 0 Å². The number of benzene rings is 1. The van der Waals surface area contributed by atoms with Crippen molar-refractivity contribution in [2.45, 2.75) is 24.3 Å². The Bertz CT molecular complexity index is 924. The quantitative estimate of drug-likeness (QED) is 0.512. The molecule has 1 aromatic carbocycles. The van der Waals surface area contributed by atoms with Crippen LogP contribution in [0.25, 0.3) is 0 Å². The molecule has 0 aliphatic rings. The van der Waals surface area contributed by atoms with Gasteiger partial charge >= 0.3 is 0 Å². The van der Waals surface area contributed by atoms with Gasteiger partial charge in [-0.2, -0.15) is 0 Å². The maximum absolute atomic E-state index is 12.1. The fraction of sp³-hybridized carbons (Fsp3) is 0.222. The van der Waals surface area contributed by atoms with Gasteiger partial charge in [0.1, 0.15) is 0 Å². The number of nitrogens with one attached hydrogen (secondary N) is 2. The van der Waals surface area contributed by atoms with Gasteiger partial charge in [0.05, 0.1) is 16.7 Å². The molecule has 0 spiro atoms. The van der Waals surface area contributed by atoms with Gasteiger partial charge in [0.25, 0.3) is 11.1 Å². The predicted molar refractivity (Wildman–Crippen MR) is 114 cm³/mol. The summed E-state index contributed by atoms with van der Waals surface area (Å²) in [4.78, 5) is 24.8. The Morgan fingerprint density at radius 1 is 1.11 bits per heavy atom. The molecule has 0 fully saturated rings. The maximum atomic E-state index is 12.1. The van der Waals surface area contributed by atoms with Crippen LogP contribution >= 0.6 is 34.4 Å². The zero-order valence-corrected chi connectivity index (χ0v) is 17.6. The fourth-order valence-corrected chi connectivity index (χ4v) is 4.29. The number of ether oxygens (including phenoxy) is 1. The van der Waals surface area contributed by atoms with E-state index in [1.54, 1.807) is 30.3 Å². The molecule has 146 valence electrons. The fourth-order valence-electron chi connectivity index (χ4n) is 2.07. The standard InChI is InChI=1S/C18H18N4O3S3/c1-11(2)25-17-21-22-18(28-17)27-10-15(23)19-12-5-7-13(8-6-12)20-16(24)14-4-3-9-26-14/h3-9,11H,10H2,1-2H3,(H,19,23)(H,20,24). The second-order valence-corrected chi connectivity index (χ2v) is 8.96. The highest BCUT2D eigenvalue weighted by Crippen LogP contribution is 2.27. The highest BCUT2D eigenvalue weighted by Gasteiger charge is 2.11. The normalized spacial score (nSPS) is 10.7. The topological polar surface area (TPSA) is 93.2 Å². The van der Waals surface area contributed by atoms with E-state index in [9.17, 15) is 9.59 Å². The van der Waals surface area contributed by atoms with Crippen LogP contribution < -0.4 is 15.4 Å². The molecule has 0 saturated heterocycles. The first-order valence-electron chi connectivity index (χ1n) is 8.37. The van der Waals surface area contributed by atoms with E-state index in [1.165, 1.54) is 34.4 Å². The van der Waals surface area contributed by atoms with Crippen LogP contribution in [0.4, 0.5) is 11.4 Å². The van der Waals surface area contributed by atoms with Crippen LogP contribution in [0, 0.1) is 0 Å². The van der Waals surface area contributed by atoms with E-state index in [1.807, 2.05) is 25.3 Å². The Morgan fingerprint density at radius 3 is 2.46 bits per heavy atom. The summed E-state index contributed by atoms with van der Waals surface area (Å²) in [5.41, 5.74) is 1.32. The van der Waals surface area contributed by atoms with E-state index in [0.29, 0.717) is 25.8 Å². The van der Waals surface area contributed by atoms with E-state index in [4.69, 9.17) is 4.74 Å². The summed E-state index contributed by atoms with van der Waals surface area (Å²) in [5.74, 6) is -0.0874. The SMILES string of the molecule is CC(C)Oc1nnc(SCC(=O)Nc2ccc(NC(=O)c3cccs3)cc2)s1. The van der Waals surface area contributed by atoms with Crippen molar-refractivity contribution < 1.29 is 14.3 Å². The number of thiophene rings is 1. The molecule has 0 radical (unpaired) electrons. The number of carbonyl (C=O) groups is 2. The molecule has 0 saturated carbocycles. The number of amides is 2. The van der Waals surface area contributed by atoms with Crippen LogP contribution in [0.5, 0.6) is 5.19 Å². The summed E-state index contributed by atoms with van der Waals surface area (Å²) >= 11 is 4.00. The number of thioether (sulfide) groups is 1. The molecule has 0 unspecified atom stereocenters. The second kappa shape index (κ2) is 9.67. The van der Waals surface area contributed by atoms with Crippen LogP contribution in [0.1, 0.15) is 23.5 Å². The number of rotatable bonds is 8. The molecule has 28 heavy (non-hydrogen) atoms. The number of carbonyl (C=O) groups excluding carboxylic acids is 2. The van der Waals surface area contributed by atoms with E-state index in [-0.39, 0.29) is 23.7 Å². The van der Waals surface area contributed by atoms with Gasteiger partial charge in [-0.1, -0.05) is 22.9 Å². The van der Waals surface area contributed by atoms with Crippen LogP contribution in [0.2, 0.25) is 0 Å². The zero-order chi connectivity index (χ0) is 19.9. The van der Waals surface area contributed by atoms with Crippen molar-refractivity contribution in [2.75, 3.05) is 16.4 Å². The summed E-state index contributed by atoms with van der Waals surface area (Å²) in [6, 6.07) is 10.6. The maximum Gasteiger partial charge on any atom is 0.295 e. The number of hydrogen-bond donors (Lipinski definition) is 2. The lowest BCUT2D eigenvalue weighted by molar-refractivity contribution is -0.113. The molecule has 2 amide bonds. The minimum atomic E-state index is -0.152. The van der Waals surface area contributed by atoms with Crippen molar-refractivity contribution >= 4 is 57.6 Å². The van der Waals surface area contributed by atoms with Crippen molar-refractivity contribution in [1.82, 2.24) is 10.2 Å². The van der Waals surface area contributed by atoms with Gasteiger partial charge in [-0.15, -0.1) is 16.4 Å². The van der Waals surface area contributed by atoms with Gasteiger partial charge < -0.3 is 15.4 Å². The third kappa shape index (κ3) is 6.04. The molecule has 2 heterocycles. The molecule has 0 atom stereocenters. The number of hydrogen-bond acceptors (Lipinski definition) is 8. The monoisotopic (exact) mass is 434 g/mol. The average Bonchev–Trinajstić information content (AvgIpc) is 3.33. The largest absolute Gasteiger partial charge is 0.466 e. The third-order valence-corrected chi connectivity index (χ3v) is 6.04. The molecule has 2 N–H and O–H groups in total. The lowest BCUT2D eigenvalue weighted by Gasteiger charge is -2.07. The highest BCUT2D eigenvalue weighted by molar-refractivity contribution is 8.01. The first kappa shape index (κ1) is 20.3. The Morgan fingerprint density at radius 2 is 1.82 bits per heavy atom. The van der Waals surface area contributed by atoms with Crippen molar-refractivity contribution in [1.29, 1.82) is 0 Å². The van der Waals surface area contributed by atoms with E-state index in [0.717, 1.165) is 0 Å². The van der Waals surface area contributed by atoms with Crippen molar-refractivity contribution in [2.24, 2.45) is 0 Å². The average molecular weight is 435 g/mol. The molecular formula is C18H18N4O3S3. The summed E-state index contributed by atoms with van der Waals surface area (Å²) in [7, 11) is 0. The molecule has 7 nitrogen and oxygen atoms in total.